The average molecular weight is 281 g/mol. The van der Waals surface area contributed by atoms with E-state index in [0.29, 0.717) is 17.1 Å². The molecule has 0 aliphatic carbocycles. The highest BCUT2D eigenvalue weighted by atomic mass is 16.6. The third kappa shape index (κ3) is 2.74. The van der Waals surface area contributed by atoms with Gasteiger partial charge in [0.25, 0.3) is 0 Å². The van der Waals surface area contributed by atoms with Gasteiger partial charge in [0.1, 0.15) is 5.52 Å². The Hall–Kier alpha value is -2.75. The first-order valence-electron chi connectivity index (χ1n) is 6.64. The Morgan fingerprint density at radius 3 is 2.71 bits per heavy atom. The Labute approximate surface area is 122 Å². The molecule has 1 aromatic heterocycles. The van der Waals surface area contributed by atoms with Gasteiger partial charge in [-0.3, -0.25) is 0 Å². The van der Waals surface area contributed by atoms with Crippen LogP contribution < -0.4 is 9.47 Å². The van der Waals surface area contributed by atoms with Crippen LogP contribution in [0, 0.1) is 0 Å². The van der Waals surface area contributed by atoms with Crippen molar-refractivity contribution in [2.75, 3.05) is 7.11 Å². The predicted octanol–water partition coefficient (Wildman–Crippen LogP) is 4.66. The van der Waals surface area contributed by atoms with Gasteiger partial charge in [-0.05, 0) is 36.8 Å². The van der Waals surface area contributed by atoms with Gasteiger partial charge in [-0.25, -0.2) is 0 Å². The summed E-state index contributed by atoms with van der Waals surface area (Å²) in [6.07, 6.45) is 4.16. The normalized spacial score (nSPS) is 11.1. The fourth-order valence-corrected chi connectivity index (χ4v) is 2.05. The minimum absolute atomic E-state index is 0.202. The number of ether oxygens (including phenoxy) is 2. The molecule has 0 bridgehead atoms. The molecule has 0 radical (unpaired) electrons. The van der Waals surface area contributed by atoms with E-state index in [1.54, 1.807) is 7.11 Å². The molecule has 0 atom stereocenters. The number of benzene rings is 2. The van der Waals surface area contributed by atoms with Crippen molar-refractivity contribution in [3.8, 4) is 17.6 Å². The third-order valence-electron chi connectivity index (χ3n) is 3.02. The Balaban J connectivity index is 1.93. The molecule has 0 saturated carbocycles. The van der Waals surface area contributed by atoms with Crippen LogP contribution in [-0.4, -0.2) is 12.1 Å². The second-order valence-corrected chi connectivity index (χ2v) is 4.46. The number of allylic oxidation sites excluding steroid dienone is 1. The van der Waals surface area contributed by atoms with Gasteiger partial charge in [0.05, 0.1) is 7.11 Å². The molecule has 3 rings (SSSR count). The van der Waals surface area contributed by atoms with E-state index >= 15 is 0 Å². The first-order valence-corrected chi connectivity index (χ1v) is 6.64. The second-order valence-electron chi connectivity index (χ2n) is 4.46. The van der Waals surface area contributed by atoms with Crippen LogP contribution in [0.15, 0.2) is 53.0 Å². The summed E-state index contributed by atoms with van der Waals surface area (Å²) in [5.74, 6) is 1.20. The van der Waals surface area contributed by atoms with Crippen molar-refractivity contribution in [2.45, 2.75) is 6.92 Å². The number of nitrogens with zero attached hydrogens (tertiary/aromatic N) is 1. The van der Waals surface area contributed by atoms with Gasteiger partial charge in [0.2, 0.25) is 0 Å². The molecule has 4 nitrogen and oxygen atoms in total. The molecule has 0 spiro atoms. The lowest BCUT2D eigenvalue weighted by molar-refractivity contribution is 0.319. The van der Waals surface area contributed by atoms with Crippen molar-refractivity contribution in [1.82, 2.24) is 4.98 Å². The van der Waals surface area contributed by atoms with Crippen molar-refractivity contribution in [2.24, 2.45) is 0 Å². The number of hydrogen-bond donors (Lipinski definition) is 0. The topological polar surface area (TPSA) is 44.5 Å². The molecule has 0 aliphatic heterocycles. The smallest absolute Gasteiger partial charge is 0.400 e. The van der Waals surface area contributed by atoms with Crippen LogP contribution in [0.1, 0.15) is 12.5 Å². The summed E-state index contributed by atoms with van der Waals surface area (Å²) in [5, 5.41) is 0. The van der Waals surface area contributed by atoms with E-state index in [-0.39, 0.29) is 6.08 Å². The standard InChI is InChI=1S/C17H15NO3/c1-3-6-12-9-10-15(16(11-12)19-2)21-17-18-13-7-4-5-8-14(13)20-17/h3-11H,1-2H3/b6-3-. The molecule has 4 heteroatoms. The van der Waals surface area contributed by atoms with E-state index < -0.39 is 0 Å². The zero-order chi connectivity index (χ0) is 14.7. The number of fused-ring (bicyclic) bond motifs is 1. The van der Waals surface area contributed by atoms with Crippen LogP contribution in [-0.2, 0) is 0 Å². The van der Waals surface area contributed by atoms with Crippen LogP contribution in [0.5, 0.6) is 17.6 Å². The fraction of sp³-hybridized carbons (Fsp3) is 0.118. The first-order chi connectivity index (χ1) is 10.3. The van der Waals surface area contributed by atoms with Gasteiger partial charge in [-0.1, -0.05) is 30.4 Å². The van der Waals surface area contributed by atoms with E-state index in [2.05, 4.69) is 4.98 Å². The van der Waals surface area contributed by atoms with Crippen molar-refractivity contribution < 1.29 is 13.9 Å². The number of oxazole rings is 1. The van der Waals surface area contributed by atoms with Crippen molar-refractivity contribution in [1.29, 1.82) is 0 Å². The summed E-state index contributed by atoms with van der Waals surface area (Å²) in [6.45, 7) is 1.97. The lowest BCUT2D eigenvalue weighted by atomic mass is 10.2. The maximum atomic E-state index is 5.69. The molecule has 0 amide bonds. The van der Waals surface area contributed by atoms with Crippen LogP contribution in [0.2, 0.25) is 0 Å². The highest BCUT2D eigenvalue weighted by molar-refractivity contribution is 5.72. The summed E-state index contributed by atoms with van der Waals surface area (Å²) in [7, 11) is 1.60. The molecular weight excluding hydrogens is 266 g/mol. The van der Waals surface area contributed by atoms with Gasteiger partial charge < -0.3 is 13.9 Å². The third-order valence-corrected chi connectivity index (χ3v) is 3.02. The maximum Gasteiger partial charge on any atom is 0.400 e. The molecule has 106 valence electrons. The molecule has 1 heterocycles. The predicted molar refractivity (Wildman–Crippen MR) is 81.8 cm³/mol. The van der Waals surface area contributed by atoms with Gasteiger partial charge in [0.15, 0.2) is 17.1 Å². The van der Waals surface area contributed by atoms with Crippen molar-refractivity contribution in [3.63, 3.8) is 0 Å². The highest BCUT2D eigenvalue weighted by Gasteiger charge is 2.11. The summed E-state index contributed by atoms with van der Waals surface area (Å²) in [6, 6.07) is 13.2. The van der Waals surface area contributed by atoms with Gasteiger partial charge >= 0.3 is 6.08 Å². The lowest BCUT2D eigenvalue weighted by Crippen LogP contribution is -1.91. The molecule has 2 aromatic carbocycles. The van der Waals surface area contributed by atoms with Crippen molar-refractivity contribution >= 4 is 17.2 Å². The zero-order valence-electron chi connectivity index (χ0n) is 11.9. The Morgan fingerprint density at radius 1 is 1.10 bits per heavy atom. The minimum atomic E-state index is 0.202. The van der Waals surface area contributed by atoms with E-state index in [0.717, 1.165) is 11.1 Å². The zero-order valence-corrected chi connectivity index (χ0v) is 11.9. The quantitative estimate of drug-likeness (QED) is 0.697. The molecule has 21 heavy (non-hydrogen) atoms. The monoisotopic (exact) mass is 281 g/mol. The summed E-state index contributed by atoms with van der Waals surface area (Å²) >= 11 is 0. The Bertz CT molecular complexity index is 757. The summed E-state index contributed by atoms with van der Waals surface area (Å²) in [5.41, 5.74) is 2.49. The summed E-state index contributed by atoms with van der Waals surface area (Å²) < 4.78 is 16.6. The lowest BCUT2D eigenvalue weighted by Gasteiger charge is -2.08. The fourth-order valence-electron chi connectivity index (χ4n) is 2.05. The highest BCUT2D eigenvalue weighted by Crippen LogP contribution is 2.33. The Kier molecular flexibility index (Phi) is 3.60. The largest absolute Gasteiger partial charge is 0.493 e. The van der Waals surface area contributed by atoms with Crippen LogP contribution in [0.3, 0.4) is 0 Å². The number of aromatic nitrogens is 1. The SMILES string of the molecule is C/C=C\c1ccc(Oc2nc3ccccc3o2)c(OC)c1. The van der Waals surface area contributed by atoms with E-state index in [4.69, 9.17) is 13.9 Å². The first kappa shape index (κ1) is 13.2. The maximum absolute atomic E-state index is 5.69. The van der Waals surface area contributed by atoms with E-state index in [1.807, 2.05) is 61.5 Å². The second kappa shape index (κ2) is 5.71. The molecule has 0 aliphatic rings. The number of methoxy groups -OCH3 is 1. The summed E-state index contributed by atoms with van der Waals surface area (Å²) in [4.78, 5) is 4.28. The number of hydrogen-bond acceptors (Lipinski definition) is 4. The van der Waals surface area contributed by atoms with Gasteiger partial charge in [0, 0.05) is 0 Å². The Morgan fingerprint density at radius 2 is 1.95 bits per heavy atom. The van der Waals surface area contributed by atoms with Crippen LogP contribution in [0.4, 0.5) is 0 Å². The average Bonchev–Trinajstić information content (AvgIpc) is 2.91. The van der Waals surface area contributed by atoms with Gasteiger partial charge in [-0.2, -0.15) is 4.98 Å². The number of para-hydroxylation sites is 2. The van der Waals surface area contributed by atoms with Crippen LogP contribution >= 0.6 is 0 Å². The van der Waals surface area contributed by atoms with Crippen molar-refractivity contribution in [3.05, 3.63) is 54.1 Å². The molecule has 0 N–H and O–H groups in total. The number of rotatable bonds is 4. The van der Waals surface area contributed by atoms with Gasteiger partial charge in [-0.15, -0.1) is 0 Å². The van der Waals surface area contributed by atoms with Crippen LogP contribution in [0.25, 0.3) is 17.2 Å². The van der Waals surface area contributed by atoms with E-state index in [9.17, 15) is 0 Å². The minimum Gasteiger partial charge on any atom is -0.493 e. The molecular formula is C17H15NO3. The molecule has 3 aromatic rings. The molecule has 0 saturated heterocycles. The molecule has 0 unspecified atom stereocenters. The molecule has 0 fully saturated rings. The van der Waals surface area contributed by atoms with E-state index in [1.165, 1.54) is 0 Å².